The third-order valence-electron chi connectivity index (χ3n) is 4.68. The molecule has 4 rings (SSSR count). The number of hydrogen-bond acceptors (Lipinski definition) is 4. The lowest BCUT2D eigenvalue weighted by Gasteiger charge is -2.32. The molecule has 3 aromatic rings. The van der Waals surface area contributed by atoms with Gasteiger partial charge in [0.25, 0.3) is 0 Å². The highest BCUT2D eigenvalue weighted by Gasteiger charge is 2.23. The van der Waals surface area contributed by atoms with Gasteiger partial charge < -0.3 is 0 Å². The van der Waals surface area contributed by atoms with E-state index < -0.39 is 0 Å². The van der Waals surface area contributed by atoms with E-state index in [9.17, 15) is 0 Å². The summed E-state index contributed by atoms with van der Waals surface area (Å²) in [4.78, 5) is 12.0. The Hall–Kier alpha value is -2.27. The number of nitrogens with one attached hydrogen (secondary N) is 1. The first-order chi connectivity index (χ1) is 11.3. The first-order valence-electron chi connectivity index (χ1n) is 8.23. The summed E-state index contributed by atoms with van der Waals surface area (Å²) in [5, 5.41) is 7.21. The Labute approximate surface area is 135 Å². The normalized spacial score (nSPS) is 19.3. The molecule has 5 nitrogen and oxygen atoms in total. The Morgan fingerprint density at radius 2 is 2.00 bits per heavy atom. The van der Waals surface area contributed by atoms with E-state index >= 15 is 0 Å². The number of rotatable bonds is 3. The van der Waals surface area contributed by atoms with E-state index in [0.717, 1.165) is 42.1 Å². The number of benzene rings is 1. The minimum absolute atomic E-state index is 0.542. The second-order valence-electron chi connectivity index (χ2n) is 6.33. The quantitative estimate of drug-likeness (QED) is 0.808. The third kappa shape index (κ3) is 2.97. The molecule has 118 valence electrons. The maximum absolute atomic E-state index is 4.83. The van der Waals surface area contributed by atoms with Gasteiger partial charge in [-0.1, -0.05) is 12.1 Å². The summed E-state index contributed by atoms with van der Waals surface area (Å²) < 4.78 is 0. The van der Waals surface area contributed by atoms with Gasteiger partial charge in [0.15, 0.2) is 0 Å². The van der Waals surface area contributed by atoms with Crippen LogP contribution in [-0.4, -0.2) is 38.2 Å². The van der Waals surface area contributed by atoms with E-state index in [1.807, 2.05) is 30.5 Å². The lowest BCUT2D eigenvalue weighted by molar-refractivity contribution is 0.196. The van der Waals surface area contributed by atoms with Crippen LogP contribution in [0.1, 0.15) is 35.8 Å². The first kappa shape index (κ1) is 14.3. The van der Waals surface area contributed by atoms with E-state index in [2.05, 4.69) is 28.1 Å². The number of likely N-dealkylation sites (tertiary alicyclic amines) is 1. The summed E-state index contributed by atoms with van der Waals surface area (Å²) >= 11 is 0. The predicted octanol–water partition coefficient (Wildman–Crippen LogP) is 3.04. The Morgan fingerprint density at radius 3 is 2.78 bits per heavy atom. The van der Waals surface area contributed by atoms with E-state index in [0.29, 0.717) is 5.92 Å². The van der Waals surface area contributed by atoms with Gasteiger partial charge in [0.2, 0.25) is 0 Å². The minimum Gasteiger partial charge on any atom is -0.297 e. The van der Waals surface area contributed by atoms with Crippen molar-refractivity contribution in [2.75, 3.05) is 13.1 Å². The molecule has 0 bridgehead atoms. The van der Waals surface area contributed by atoms with Crippen LogP contribution in [0, 0.1) is 6.92 Å². The number of aromatic nitrogens is 4. The lowest BCUT2D eigenvalue weighted by Crippen LogP contribution is -2.34. The van der Waals surface area contributed by atoms with Gasteiger partial charge in [-0.05, 0) is 44.5 Å². The number of fused-ring (bicyclic) bond motifs is 1. The number of nitrogens with zero attached hydrogens (tertiary/aromatic N) is 4. The Morgan fingerprint density at radius 1 is 1.17 bits per heavy atom. The topological polar surface area (TPSA) is 57.7 Å². The molecule has 1 fully saturated rings. The summed E-state index contributed by atoms with van der Waals surface area (Å²) in [5.74, 6) is 0.542. The van der Waals surface area contributed by atoms with Crippen LogP contribution in [0.5, 0.6) is 0 Å². The molecule has 23 heavy (non-hydrogen) atoms. The van der Waals surface area contributed by atoms with Crippen molar-refractivity contribution in [3.05, 3.63) is 53.6 Å². The number of aromatic amines is 1. The summed E-state index contributed by atoms with van der Waals surface area (Å²) in [6.45, 7) is 5.11. The van der Waals surface area contributed by atoms with Gasteiger partial charge in [-0.3, -0.25) is 10.00 Å². The van der Waals surface area contributed by atoms with Crippen molar-refractivity contribution in [1.82, 2.24) is 25.1 Å². The highest BCUT2D eigenvalue weighted by molar-refractivity contribution is 5.74. The fraction of sp³-hybridized carbons (Fsp3) is 0.389. The zero-order valence-electron chi connectivity index (χ0n) is 13.4. The molecule has 0 spiro atoms. The molecule has 3 heterocycles. The van der Waals surface area contributed by atoms with Crippen molar-refractivity contribution >= 4 is 11.0 Å². The van der Waals surface area contributed by atoms with Crippen LogP contribution in [0.2, 0.25) is 0 Å². The zero-order chi connectivity index (χ0) is 15.6. The van der Waals surface area contributed by atoms with Crippen molar-refractivity contribution < 1.29 is 0 Å². The summed E-state index contributed by atoms with van der Waals surface area (Å²) in [5.41, 5.74) is 5.33. The molecular formula is C18H21N5. The summed E-state index contributed by atoms with van der Waals surface area (Å²) in [7, 11) is 0. The molecule has 0 saturated carbocycles. The molecule has 1 aromatic carbocycles. The van der Waals surface area contributed by atoms with E-state index in [1.165, 1.54) is 18.5 Å². The molecule has 1 aliphatic heterocycles. The van der Waals surface area contributed by atoms with E-state index in [1.54, 1.807) is 0 Å². The number of para-hydroxylation sites is 2. The smallest absolute Gasteiger partial charge is 0.0890 e. The van der Waals surface area contributed by atoms with Gasteiger partial charge in [-0.2, -0.15) is 5.10 Å². The zero-order valence-corrected chi connectivity index (χ0v) is 13.4. The first-order valence-corrected chi connectivity index (χ1v) is 8.23. The van der Waals surface area contributed by atoms with E-state index in [4.69, 9.17) is 9.97 Å². The van der Waals surface area contributed by atoms with Crippen molar-refractivity contribution in [2.24, 2.45) is 0 Å². The predicted molar refractivity (Wildman–Crippen MR) is 90.1 cm³/mol. The van der Waals surface area contributed by atoms with Gasteiger partial charge in [0.1, 0.15) is 0 Å². The van der Waals surface area contributed by atoms with Crippen molar-refractivity contribution in [2.45, 2.75) is 32.2 Å². The number of piperidine rings is 1. The van der Waals surface area contributed by atoms with Crippen LogP contribution >= 0.6 is 0 Å². The standard InChI is InChI=1S/C18H21N5/c1-13-18(21-17-7-3-2-6-16(17)20-13)12-23-10-4-5-14(11-23)15-8-9-19-22-15/h2-3,6-9,14H,4-5,10-12H2,1H3,(H,19,22). The molecule has 1 unspecified atom stereocenters. The van der Waals surface area contributed by atoms with Crippen molar-refractivity contribution in [3.8, 4) is 0 Å². The largest absolute Gasteiger partial charge is 0.297 e. The number of aryl methyl sites for hydroxylation is 1. The van der Waals surface area contributed by atoms with Crippen LogP contribution in [-0.2, 0) is 6.54 Å². The highest BCUT2D eigenvalue weighted by Crippen LogP contribution is 2.26. The summed E-state index contributed by atoms with van der Waals surface area (Å²) in [6.07, 6.45) is 4.28. The van der Waals surface area contributed by atoms with E-state index in [-0.39, 0.29) is 0 Å². The third-order valence-corrected chi connectivity index (χ3v) is 4.68. The van der Waals surface area contributed by atoms with Crippen LogP contribution < -0.4 is 0 Å². The van der Waals surface area contributed by atoms with Crippen LogP contribution in [0.25, 0.3) is 11.0 Å². The molecular weight excluding hydrogens is 286 g/mol. The average Bonchev–Trinajstić information content (AvgIpc) is 3.10. The minimum atomic E-state index is 0.542. The van der Waals surface area contributed by atoms with Crippen LogP contribution in [0.3, 0.4) is 0 Å². The number of hydrogen-bond donors (Lipinski definition) is 1. The molecule has 1 N–H and O–H groups in total. The van der Waals surface area contributed by atoms with Gasteiger partial charge in [0.05, 0.1) is 22.4 Å². The molecule has 5 heteroatoms. The summed E-state index contributed by atoms with van der Waals surface area (Å²) in [6, 6.07) is 10.2. The molecule has 1 aliphatic rings. The Bertz CT molecular complexity index is 796. The molecule has 1 atom stereocenters. The Kier molecular flexibility index (Phi) is 3.79. The lowest BCUT2D eigenvalue weighted by atomic mass is 9.95. The SMILES string of the molecule is Cc1nc2ccccc2nc1CN1CCCC(c2ccn[nH]2)C1. The Balaban J connectivity index is 1.54. The second kappa shape index (κ2) is 6.08. The maximum atomic E-state index is 4.83. The molecule has 2 aromatic heterocycles. The van der Waals surface area contributed by atoms with Gasteiger partial charge in [-0.25, -0.2) is 9.97 Å². The fourth-order valence-electron chi connectivity index (χ4n) is 3.43. The molecule has 1 saturated heterocycles. The molecule has 0 radical (unpaired) electrons. The average molecular weight is 307 g/mol. The van der Waals surface area contributed by atoms with Gasteiger partial charge in [0, 0.05) is 30.9 Å². The highest BCUT2D eigenvalue weighted by atomic mass is 15.2. The fourth-order valence-corrected chi connectivity index (χ4v) is 3.43. The molecule has 0 aliphatic carbocycles. The van der Waals surface area contributed by atoms with Gasteiger partial charge in [-0.15, -0.1) is 0 Å². The van der Waals surface area contributed by atoms with Crippen LogP contribution in [0.4, 0.5) is 0 Å². The second-order valence-corrected chi connectivity index (χ2v) is 6.33. The van der Waals surface area contributed by atoms with Crippen molar-refractivity contribution in [1.29, 1.82) is 0 Å². The van der Waals surface area contributed by atoms with Crippen LogP contribution in [0.15, 0.2) is 36.5 Å². The maximum Gasteiger partial charge on any atom is 0.0890 e. The number of H-pyrrole nitrogens is 1. The van der Waals surface area contributed by atoms with Crippen molar-refractivity contribution in [3.63, 3.8) is 0 Å². The monoisotopic (exact) mass is 307 g/mol. The molecule has 0 amide bonds. The van der Waals surface area contributed by atoms with Gasteiger partial charge >= 0.3 is 0 Å².